The smallest absolute Gasteiger partial charge is 0.148 e. The van der Waals surface area contributed by atoms with Gasteiger partial charge in [0.15, 0.2) is 0 Å². The second kappa shape index (κ2) is 11.6. The molecule has 0 aliphatic carbocycles. The summed E-state index contributed by atoms with van der Waals surface area (Å²) in [5.74, 6) is 0. The second-order valence-corrected chi connectivity index (χ2v) is 10.3. The van der Waals surface area contributed by atoms with Crippen molar-refractivity contribution in [3.05, 3.63) is 120 Å². The topological polar surface area (TPSA) is 31.7 Å². The first kappa shape index (κ1) is 25.7. The summed E-state index contributed by atoms with van der Waals surface area (Å²) in [6, 6.07) is 19.8. The van der Waals surface area contributed by atoms with Crippen LogP contribution in [-0.2, 0) is 6.42 Å². The fraction of sp³-hybridized carbons (Fsp3) is 0.294. The second-order valence-electron chi connectivity index (χ2n) is 10.3. The first-order valence-corrected chi connectivity index (χ1v) is 13.7. The van der Waals surface area contributed by atoms with Gasteiger partial charge in [-0.05, 0) is 86.1 Å². The van der Waals surface area contributed by atoms with Gasteiger partial charge >= 0.3 is 0 Å². The van der Waals surface area contributed by atoms with Crippen molar-refractivity contribution in [1.82, 2.24) is 9.88 Å². The molecule has 1 fully saturated rings. The van der Waals surface area contributed by atoms with Gasteiger partial charge in [-0.2, -0.15) is 0 Å². The Bertz CT molecular complexity index is 1360. The van der Waals surface area contributed by atoms with E-state index in [4.69, 9.17) is 4.99 Å². The average molecular weight is 503 g/mol. The van der Waals surface area contributed by atoms with Gasteiger partial charge in [-0.3, -0.25) is 9.98 Å². The molecule has 194 valence electrons. The van der Waals surface area contributed by atoms with E-state index < -0.39 is 0 Å². The minimum Gasteiger partial charge on any atom is -0.372 e. The lowest BCUT2D eigenvalue weighted by Gasteiger charge is -2.33. The van der Waals surface area contributed by atoms with Crippen molar-refractivity contribution in [3.63, 3.8) is 0 Å². The predicted octanol–water partition coefficient (Wildman–Crippen LogP) is 7.75. The van der Waals surface area contributed by atoms with Gasteiger partial charge in [-0.15, -0.1) is 0 Å². The van der Waals surface area contributed by atoms with Gasteiger partial charge in [0.05, 0.1) is 0 Å². The molecule has 2 aliphatic rings. The minimum absolute atomic E-state index is 0.0460. The van der Waals surface area contributed by atoms with Gasteiger partial charge in [-0.25, -0.2) is 0 Å². The Morgan fingerprint density at radius 1 is 1.05 bits per heavy atom. The van der Waals surface area contributed by atoms with Gasteiger partial charge in [-0.1, -0.05) is 55.1 Å². The molecule has 2 aliphatic heterocycles. The molecular weight excluding hydrogens is 464 g/mol. The van der Waals surface area contributed by atoms with Crippen molar-refractivity contribution in [2.45, 2.75) is 45.7 Å². The zero-order valence-corrected chi connectivity index (χ0v) is 22.9. The SMILES string of the molecule is C=C(/C=C(\C=C/C)CCc1ccc(-c2ccc3c(c2)C(C)=NC(c2cccnc2)N3C)cc1)N1CCCC1. The van der Waals surface area contributed by atoms with Crippen LogP contribution >= 0.6 is 0 Å². The first-order chi connectivity index (χ1) is 18.5. The van der Waals surface area contributed by atoms with Crippen LogP contribution < -0.4 is 4.90 Å². The van der Waals surface area contributed by atoms with E-state index in [0.29, 0.717) is 0 Å². The molecule has 0 bridgehead atoms. The summed E-state index contributed by atoms with van der Waals surface area (Å²) in [4.78, 5) is 13.9. The van der Waals surface area contributed by atoms with E-state index in [-0.39, 0.29) is 6.17 Å². The third-order valence-corrected chi connectivity index (χ3v) is 7.67. The van der Waals surface area contributed by atoms with Gasteiger partial charge in [0.1, 0.15) is 6.17 Å². The van der Waals surface area contributed by atoms with Crippen LogP contribution in [0.5, 0.6) is 0 Å². The third kappa shape index (κ3) is 5.65. The van der Waals surface area contributed by atoms with E-state index in [1.54, 1.807) is 6.20 Å². The number of hydrogen-bond donors (Lipinski definition) is 0. The summed E-state index contributed by atoms with van der Waals surface area (Å²) in [5.41, 5.74) is 10.8. The number of aryl methyl sites for hydroxylation is 1. The molecule has 0 radical (unpaired) electrons. The number of hydrogen-bond acceptors (Lipinski definition) is 4. The number of nitrogens with zero attached hydrogens (tertiary/aromatic N) is 4. The molecule has 38 heavy (non-hydrogen) atoms. The quantitative estimate of drug-likeness (QED) is 0.295. The maximum absolute atomic E-state index is 5.01. The number of anilines is 1. The van der Waals surface area contributed by atoms with Gasteiger partial charge in [0.2, 0.25) is 0 Å². The molecule has 1 saturated heterocycles. The summed E-state index contributed by atoms with van der Waals surface area (Å²) in [5, 5.41) is 0. The summed E-state index contributed by atoms with van der Waals surface area (Å²) in [7, 11) is 2.11. The van der Waals surface area contributed by atoms with Crippen molar-refractivity contribution in [1.29, 1.82) is 0 Å². The normalized spacial score (nSPS) is 17.6. The number of fused-ring (bicyclic) bond motifs is 1. The number of benzene rings is 2. The monoisotopic (exact) mass is 502 g/mol. The highest BCUT2D eigenvalue weighted by Crippen LogP contribution is 2.37. The number of allylic oxidation sites excluding steroid dienone is 4. The fourth-order valence-corrected chi connectivity index (χ4v) is 5.49. The Hall–Kier alpha value is -3.92. The van der Waals surface area contributed by atoms with E-state index in [1.165, 1.54) is 46.4 Å². The van der Waals surface area contributed by atoms with Crippen molar-refractivity contribution >= 4 is 11.4 Å². The number of aliphatic imine (C=N–C) groups is 1. The number of aromatic nitrogens is 1. The van der Waals surface area contributed by atoms with Crippen LogP contribution in [0, 0.1) is 0 Å². The molecule has 3 aromatic rings. The number of rotatable bonds is 8. The third-order valence-electron chi connectivity index (χ3n) is 7.67. The van der Waals surface area contributed by atoms with E-state index >= 15 is 0 Å². The Balaban J connectivity index is 1.29. The Labute approximate surface area is 227 Å². The van der Waals surface area contributed by atoms with Gasteiger partial charge in [0.25, 0.3) is 0 Å². The molecule has 0 N–H and O–H groups in total. The molecular formula is C34H38N4. The molecule has 0 amide bonds. The van der Waals surface area contributed by atoms with E-state index in [9.17, 15) is 0 Å². The molecule has 4 heteroatoms. The van der Waals surface area contributed by atoms with Crippen molar-refractivity contribution in [2.24, 2.45) is 4.99 Å². The Kier molecular flexibility index (Phi) is 7.88. The van der Waals surface area contributed by atoms with E-state index in [0.717, 1.165) is 42.9 Å². The van der Waals surface area contributed by atoms with Crippen molar-refractivity contribution in [3.8, 4) is 11.1 Å². The zero-order valence-electron chi connectivity index (χ0n) is 22.9. The maximum atomic E-state index is 5.01. The zero-order chi connectivity index (χ0) is 26.5. The van der Waals surface area contributed by atoms with Crippen LogP contribution in [0.15, 0.2) is 108 Å². The molecule has 0 saturated carbocycles. The van der Waals surface area contributed by atoms with E-state index in [1.807, 2.05) is 12.3 Å². The summed E-state index contributed by atoms with van der Waals surface area (Å²) < 4.78 is 0. The van der Waals surface area contributed by atoms with Crippen LogP contribution in [0.25, 0.3) is 11.1 Å². The average Bonchev–Trinajstić information content (AvgIpc) is 3.50. The largest absolute Gasteiger partial charge is 0.372 e. The van der Waals surface area contributed by atoms with Crippen LogP contribution in [0.1, 0.15) is 56.0 Å². The Morgan fingerprint density at radius 2 is 1.82 bits per heavy atom. The summed E-state index contributed by atoms with van der Waals surface area (Å²) in [6.45, 7) is 10.8. The lowest BCUT2D eigenvalue weighted by Crippen LogP contribution is -2.29. The standard InChI is InChI=1S/C34H38N4/c1-5-9-28(22-25(2)38-20-6-7-21-38)12-11-27-13-15-29(16-14-27)30-17-18-33-32(23-30)26(3)36-34(37(33)4)31-10-8-19-35-24-31/h5,8-10,13-19,22-24,34H,2,6-7,11-12,20-21H2,1,3-4H3/b9-5-,28-22+. The minimum atomic E-state index is -0.0460. The molecule has 1 unspecified atom stereocenters. The van der Waals surface area contributed by atoms with Crippen molar-refractivity contribution in [2.75, 3.05) is 25.0 Å². The number of likely N-dealkylation sites (tertiary alicyclic amines) is 1. The summed E-state index contributed by atoms with van der Waals surface area (Å²) in [6.07, 6.45) is 14.9. The molecule has 5 rings (SSSR count). The fourth-order valence-electron chi connectivity index (χ4n) is 5.49. The van der Waals surface area contributed by atoms with Crippen molar-refractivity contribution < 1.29 is 0 Å². The maximum Gasteiger partial charge on any atom is 0.148 e. The predicted molar refractivity (Wildman–Crippen MR) is 161 cm³/mol. The van der Waals surface area contributed by atoms with Crippen LogP contribution in [-0.4, -0.2) is 35.7 Å². The first-order valence-electron chi connectivity index (χ1n) is 13.7. The molecule has 0 spiro atoms. The molecule has 4 nitrogen and oxygen atoms in total. The van der Waals surface area contributed by atoms with Crippen LogP contribution in [0.2, 0.25) is 0 Å². The van der Waals surface area contributed by atoms with Gasteiger partial charge in [0, 0.05) is 60.8 Å². The summed E-state index contributed by atoms with van der Waals surface area (Å²) >= 11 is 0. The highest BCUT2D eigenvalue weighted by molar-refractivity contribution is 6.06. The lowest BCUT2D eigenvalue weighted by atomic mass is 9.95. The highest BCUT2D eigenvalue weighted by atomic mass is 15.2. The number of pyridine rings is 1. The molecule has 3 heterocycles. The molecule has 1 aromatic heterocycles. The Morgan fingerprint density at radius 3 is 2.53 bits per heavy atom. The van der Waals surface area contributed by atoms with Crippen LogP contribution in [0.4, 0.5) is 5.69 Å². The van der Waals surface area contributed by atoms with E-state index in [2.05, 4.69) is 109 Å². The van der Waals surface area contributed by atoms with Crippen LogP contribution in [0.3, 0.4) is 0 Å². The van der Waals surface area contributed by atoms with Gasteiger partial charge < -0.3 is 9.80 Å². The highest BCUT2D eigenvalue weighted by Gasteiger charge is 2.25. The molecule has 1 atom stereocenters. The lowest BCUT2D eigenvalue weighted by molar-refractivity contribution is 0.442. The molecule has 2 aromatic carbocycles.